The first-order chi connectivity index (χ1) is 7.45. The van der Waals surface area contributed by atoms with Gasteiger partial charge in [0, 0.05) is 19.0 Å². The molecular weight excluding hydrogens is 280 g/mol. The van der Waals surface area contributed by atoms with Gasteiger partial charge >= 0.3 is 0 Å². The number of benzene rings is 1. The van der Waals surface area contributed by atoms with Crippen LogP contribution in [-0.2, 0) is 17.3 Å². The summed E-state index contributed by atoms with van der Waals surface area (Å²) in [6.45, 7) is 0.960. The van der Waals surface area contributed by atoms with Crippen LogP contribution in [0.4, 0.5) is 8.78 Å². The van der Waals surface area contributed by atoms with Crippen LogP contribution in [0.2, 0.25) is 0 Å². The number of hydrogen-bond donors (Lipinski definition) is 1. The molecule has 0 saturated carbocycles. The van der Waals surface area contributed by atoms with E-state index in [4.69, 9.17) is 0 Å². The molecule has 0 heterocycles. The van der Waals surface area contributed by atoms with Crippen molar-refractivity contribution in [2.24, 2.45) is 0 Å². The summed E-state index contributed by atoms with van der Waals surface area (Å²) in [6, 6.07) is 6.18. The maximum atomic E-state index is 13.2. The number of nitrogens with one attached hydrogen (secondary N) is 1. The van der Waals surface area contributed by atoms with Gasteiger partial charge in [-0.3, -0.25) is 4.79 Å². The lowest BCUT2D eigenvalue weighted by Crippen LogP contribution is -2.25. The molecule has 0 aromatic heterocycles. The quantitative estimate of drug-likeness (QED) is 0.849. The molecule has 0 aliphatic carbocycles. The van der Waals surface area contributed by atoms with E-state index in [0.717, 1.165) is 6.92 Å². The summed E-state index contributed by atoms with van der Waals surface area (Å²) in [4.78, 5) is 11.0. The van der Waals surface area contributed by atoms with E-state index in [2.05, 4.69) is 21.2 Å². The Morgan fingerprint density at radius 3 is 2.62 bits per heavy atom. The van der Waals surface area contributed by atoms with Gasteiger partial charge in [0.05, 0.1) is 5.33 Å². The molecule has 0 aliphatic heterocycles. The second kappa shape index (κ2) is 5.39. The molecule has 5 heteroatoms. The average molecular weight is 292 g/mol. The maximum absolute atomic E-state index is 13.2. The first-order valence-electron chi connectivity index (χ1n) is 4.74. The number of carbonyl (C=O) groups is 1. The third-order valence-electron chi connectivity index (χ3n) is 2.09. The molecule has 1 N–H and O–H groups in total. The minimum absolute atomic E-state index is 0.0510. The highest BCUT2D eigenvalue weighted by Crippen LogP contribution is 2.29. The fourth-order valence-electron chi connectivity index (χ4n) is 1.34. The van der Waals surface area contributed by atoms with Crippen LogP contribution in [0.3, 0.4) is 0 Å². The molecule has 0 saturated heterocycles. The van der Waals surface area contributed by atoms with E-state index in [1.54, 1.807) is 18.2 Å². The first kappa shape index (κ1) is 13.1. The topological polar surface area (TPSA) is 29.1 Å². The molecule has 2 nitrogen and oxygen atoms in total. The molecule has 0 atom stereocenters. The second-order valence-corrected chi connectivity index (χ2v) is 4.02. The number of carbonyl (C=O) groups excluding carboxylic acids is 1. The lowest BCUT2D eigenvalue weighted by atomic mass is 10.0. The van der Waals surface area contributed by atoms with E-state index in [-0.39, 0.29) is 23.3 Å². The minimum atomic E-state index is -2.89. The third kappa shape index (κ3) is 3.56. The number of hydrogen-bond acceptors (Lipinski definition) is 1. The van der Waals surface area contributed by atoms with Gasteiger partial charge in [0.15, 0.2) is 0 Å². The summed E-state index contributed by atoms with van der Waals surface area (Å²) in [5, 5.41) is 2.71. The Labute approximate surface area is 101 Å². The Hall–Kier alpha value is -0.970. The van der Waals surface area contributed by atoms with E-state index in [1.807, 2.05) is 0 Å². The van der Waals surface area contributed by atoms with Crippen molar-refractivity contribution in [3.8, 4) is 0 Å². The van der Waals surface area contributed by atoms with Crippen molar-refractivity contribution in [1.82, 2.24) is 5.32 Å². The second-order valence-electron chi connectivity index (χ2n) is 3.46. The van der Waals surface area contributed by atoms with Gasteiger partial charge in [-0.25, -0.2) is 8.78 Å². The van der Waals surface area contributed by atoms with Crippen molar-refractivity contribution in [1.29, 1.82) is 0 Å². The number of halogens is 3. The molecule has 0 fully saturated rings. The number of alkyl halides is 3. The SMILES string of the molecule is CC(F)(F)c1ccccc1CNC(=O)CBr. The highest BCUT2D eigenvalue weighted by molar-refractivity contribution is 9.09. The molecule has 1 amide bonds. The highest BCUT2D eigenvalue weighted by atomic mass is 79.9. The van der Waals surface area contributed by atoms with Gasteiger partial charge in [0.1, 0.15) is 0 Å². The van der Waals surface area contributed by atoms with Gasteiger partial charge < -0.3 is 5.32 Å². The van der Waals surface area contributed by atoms with Crippen LogP contribution < -0.4 is 5.32 Å². The molecular formula is C11H12BrF2NO. The summed E-state index contributed by atoms with van der Waals surface area (Å²) in [7, 11) is 0. The van der Waals surface area contributed by atoms with Crippen molar-refractivity contribution in [2.75, 3.05) is 5.33 Å². The summed E-state index contributed by atoms with van der Waals surface area (Å²) in [6.07, 6.45) is 0. The normalized spacial score (nSPS) is 11.2. The highest BCUT2D eigenvalue weighted by Gasteiger charge is 2.26. The van der Waals surface area contributed by atoms with Crippen LogP contribution in [0.1, 0.15) is 18.1 Å². The predicted molar refractivity (Wildman–Crippen MR) is 61.7 cm³/mol. The number of rotatable bonds is 4. The van der Waals surface area contributed by atoms with Gasteiger partial charge in [-0.1, -0.05) is 40.2 Å². The number of amides is 1. The summed E-state index contributed by atoms with van der Waals surface area (Å²) in [5.74, 6) is -3.12. The smallest absolute Gasteiger partial charge is 0.270 e. The molecule has 1 rings (SSSR count). The standard InChI is InChI=1S/C11H12BrF2NO/c1-11(13,14)9-5-3-2-4-8(9)7-15-10(16)6-12/h2-5H,6-7H2,1H3,(H,15,16). The van der Waals surface area contributed by atoms with E-state index in [1.165, 1.54) is 6.07 Å². The van der Waals surface area contributed by atoms with E-state index < -0.39 is 5.92 Å². The van der Waals surface area contributed by atoms with Crippen LogP contribution in [0, 0.1) is 0 Å². The van der Waals surface area contributed by atoms with Crippen LogP contribution in [0.15, 0.2) is 24.3 Å². The fraction of sp³-hybridized carbons (Fsp3) is 0.364. The van der Waals surface area contributed by atoms with Crippen LogP contribution >= 0.6 is 15.9 Å². The van der Waals surface area contributed by atoms with Crippen molar-refractivity contribution < 1.29 is 13.6 Å². The molecule has 1 aromatic carbocycles. The van der Waals surface area contributed by atoms with Crippen molar-refractivity contribution in [3.05, 3.63) is 35.4 Å². The van der Waals surface area contributed by atoms with Gasteiger partial charge in [0.2, 0.25) is 5.91 Å². The Kier molecular flexibility index (Phi) is 4.41. The Bertz CT molecular complexity index is 376. The minimum Gasteiger partial charge on any atom is -0.351 e. The molecule has 88 valence electrons. The Balaban J connectivity index is 2.84. The van der Waals surface area contributed by atoms with Gasteiger partial charge in [-0.15, -0.1) is 0 Å². The zero-order valence-corrected chi connectivity index (χ0v) is 10.4. The fourth-order valence-corrected chi connectivity index (χ4v) is 1.54. The molecule has 0 bridgehead atoms. The van der Waals surface area contributed by atoms with E-state index in [9.17, 15) is 13.6 Å². The van der Waals surface area contributed by atoms with E-state index >= 15 is 0 Å². The summed E-state index contributed by atoms with van der Waals surface area (Å²) in [5.41, 5.74) is 0.383. The zero-order valence-electron chi connectivity index (χ0n) is 8.77. The molecule has 0 spiro atoms. The van der Waals surface area contributed by atoms with Crippen LogP contribution in [0.25, 0.3) is 0 Å². The van der Waals surface area contributed by atoms with Gasteiger partial charge in [-0.05, 0) is 5.56 Å². The van der Waals surface area contributed by atoms with Crippen molar-refractivity contribution in [2.45, 2.75) is 19.4 Å². The monoisotopic (exact) mass is 291 g/mol. The van der Waals surface area contributed by atoms with Gasteiger partial charge in [0.25, 0.3) is 5.92 Å². The third-order valence-corrected chi connectivity index (χ3v) is 2.60. The molecule has 0 radical (unpaired) electrons. The average Bonchev–Trinajstić information content (AvgIpc) is 2.25. The van der Waals surface area contributed by atoms with Crippen LogP contribution in [-0.4, -0.2) is 11.2 Å². The Morgan fingerprint density at radius 1 is 1.44 bits per heavy atom. The zero-order chi connectivity index (χ0) is 12.2. The lowest BCUT2D eigenvalue weighted by Gasteiger charge is -2.15. The first-order valence-corrected chi connectivity index (χ1v) is 5.86. The largest absolute Gasteiger partial charge is 0.351 e. The molecule has 16 heavy (non-hydrogen) atoms. The molecule has 0 unspecified atom stereocenters. The predicted octanol–water partition coefficient (Wildman–Crippen LogP) is 2.81. The van der Waals surface area contributed by atoms with Crippen LogP contribution in [0.5, 0.6) is 0 Å². The van der Waals surface area contributed by atoms with Crippen molar-refractivity contribution in [3.63, 3.8) is 0 Å². The summed E-state index contributed by atoms with van der Waals surface area (Å²) >= 11 is 2.99. The summed E-state index contributed by atoms with van der Waals surface area (Å²) < 4.78 is 26.4. The van der Waals surface area contributed by atoms with Gasteiger partial charge in [-0.2, -0.15) is 0 Å². The molecule has 1 aromatic rings. The Morgan fingerprint density at radius 2 is 2.06 bits per heavy atom. The van der Waals surface area contributed by atoms with Crippen molar-refractivity contribution >= 4 is 21.8 Å². The maximum Gasteiger partial charge on any atom is 0.270 e. The lowest BCUT2D eigenvalue weighted by molar-refractivity contribution is -0.118. The molecule has 0 aliphatic rings. The van der Waals surface area contributed by atoms with E-state index in [0.29, 0.717) is 5.56 Å².